The average Bonchev–Trinajstić information content (AvgIpc) is 3.28. The van der Waals surface area contributed by atoms with Gasteiger partial charge in [0, 0.05) is 73.0 Å². The predicted octanol–water partition coefficient (Wildman–Crippen LogP) is 4.15. The Morgan fingerprint density at radius 1 is 1.06 bits per heavy atom. The molecule has 1 fully saturated rings. The van der Waals surface area contributed by atoms with Crippen LogP contribution in [-0.4, -0.2) is 60.7 Å². The van der Waals surface area contributed by atoms with E-state index in [1.54, 1.807) is 37.3 Å². The molecule has 1 N–H and O–H groups in total. The Bertz CT molecular complexity index is 1050. The van der Waals surface area contributed by atoms with Gasteiger partial charge in [0.25, 0.3) is 0 Å². The number of benzene rings is 2. The van der Waals surface area contributed by atoms with Gasteiger partial charge >= 0.3 is 6.03 Å². The lowest BCUT2D eigenvalue weighted by atomic mass is 10.1. The van der Waals surface area contributed by atoms with E-state index in [-0.39, 0.29) is 6.03 Å². The Kier molecular flexibility index (Phi) is 6.96. The van der Waals surface area contributed by atoms with Crippen molar-refractivity contribution in [3.63, 3.8) is 0 Å². The first kappa shape index (κ1) is 22.2. The van der Waals surface area contributed by atoms with E-state index >= 15 is 0 Å². The van der Waals surface area contributed by atoms with E-state index < -0.39 is 0 Å². The molecular formula is C22H24ClN5O3S. The van der Waals surface area contributed by atoms with Crippen LogP contribution in [0.5, 0.6) is 11.5 Å². The summed E-state index contributed by atoms with van der Waals surface area (Å²) in [5.74, 6) is 2.03. The van der Waals surface area contributed by atoms with Gasteiger partial charge in [-0.1, -0.05) is 23.7 Å². The molecule has 1 aromatic heterocycles. The fourth-order valence-corrected chi connectivity index (χ4v) is 4.28. The van der Waals surface area contributed by atoms with Crippen molar-refractivity contribution in [1.82, 2.24) is 14.3 Å². The van der Waals surface area contributed by atoms with E-state index in [2.05, 4.69) is 19.6 Å². The van der Waals surface area contributed by atoms with Gasteiger partial charge < -0.3 is 24.6 Å². The number of anilines is 2. The van der Waals surface area contributed by atoms with Crippen molar-refractivity contribution < 1.29 is 14.3 Å². The molecule has 0 saturated carbocycles. The predicted molar refractivity (Wildman–Crippen MR) is 127 cm³/mol. The van der Waals surface area contributed by atoms with E-state index in [0.29, 0.717) is 54.8 Å². The third-order valence-corrected chi connectivity index (χ3v) is 6.24. The lowest BCUT2D eigenvalue weighted by molar-refractivity contribution is 0.208. The summed E-state index contributed by atoms with van der Waals surface area (Å²) < 4.78 is 15.0. The maximum atomic E-state index is 12.7. The molecule has 168 valence electrons. The summed E-state index contributed by atoms with van der Waals surface area (Å²) in [4.78, 5) is 21.4. The Labute approximate surface area is 195 Å². The highest BCUT2D eigenvalue weighted by Crippen LogP contribution is 2.26. The van der Waals surface area contributed by atoms with Gasteiger partial charge in [-0.05, 0) is 17.7 Å². The first-order chi connectivity index (χ1) is 15.5. The number of hydrogen-bond acceptors (Lipinski definition) is 7. The summed E-state index contributed by atoms with van der Waals surface area (Å²) in [6.07, 6.45) is 0.667. The molecule has 0 spiro atoms. The number of methoxy groups -OCH3 is 2. The lowest BCUT2D eigenvalue weighted by Crippen LogP contribution is -2.50. The minimum Gasteiger partial charge on any atom is -0.497 e. The second-order valence-corrected chi connectivity index (χ2v) is 8.47. The number of carbonyl (C=O) groups is 1. The van der Waals surface area contributed by atoms with Crippen LogP contribution in [0.1, 0.15) is 11.4 Å². The molecule has 32 heavy (non-hydrogen) atoms. The van der Waals surface area contributed by atoms with Crippen molar-refractivity contribution >= 4 is 40.0 Å². The van der Waals surface area contributed by atoms with Crippen LogP contribution < -0.4 is 19.7 Å². The topological polar surface area (TPSA) is 79.8 Å². The van der Waals surface area contributed by atoms with Crippen molar-refractivity contribution in [2.45, 2.75) is 6.42 Å². The van der Waals surface area contributed by atoms with Crippen LogP contribution in [0.3, 0.4) is 0 Å². The minimum atomic E-state index is -0.152. The third kappa shape index (κ3) is 5.41. The molecule has 2 aromatic carbocycles. The summed E-state index contributed by atoms with van der Waals surface area (Å²) in [5.41, 5.74) is 1.75. The van der Waals surface area contributed by atoms with Crippen molar-refractivity contribution in [3.8, 4) is 11.5 Å². The summed E-state index contributed by atoms with van der Waals surface area (Å²) >= 11 is 7.34. The smallest absolute Gasteiger partial charge is 0.321 e. The van der Waals surface area contributed by atoms with Crippen molar-refractivity contribution in [2.75, 3.05) is 50.6 Å². The summed E-state index contributed by atoms with van der Waals surface area (Å²) in [6.45, 7) is 2.59. The lowest BCUT2D eigenvalue weighted by Gasteiger charge is -2.34. The Balaban J connectivity index is 1.32. The molecule has 1 aliphatic heterocycles. The number of ether oxygens (including phenoxy) is 2. The van der Waals surface area contributed by atoms with Crippen LogP contribution in [-0.2, 0) is 6.42 Å². The molecule has 8 nitrogen and oxygen atoms in total. The van der Waals surface area contributed by atoms with Crippen LogP contribution in [0.15, 0.2) is 42.5 Å². The molecule has 0 radical (unpaired) electrons. The third-order valence-electron chi connectivity index (χ3n) is 5.17. The number of carbonyl (C=O) groups excluding carboxylic acids is 1. The SMILES string of the molecule is COc1cc(NC(=O)N2CCN(c3nc(Cc4ccc(Cl)cc4)ns3)CC2)cc(OC)c1. The van der Waals surface area contributed by atoms with Crippen LogP contribution >= 0.6 is 23.1 Å². The van der Waals surface area contributed by atoms with Gasteiger partial charge in [0.15, 0.2) is 0 Å². The number of urea groups is 1. The van der Waals surface area contributed by atoms with Gasteiger partial charge in [-0.25, -0.2) is 9.78 Å². The number of rotatable bonds is 6. The molecule has 0 aliphatic carbocycles. The minimum absolute atomic E-state index is 0.152. The molecular weight excluding hydrogens is 450 g/mol. The highest BCUT2D eigenvalue weighted by atomic mass is 35.5. The van der Waals surface area contributed by atoms with Crippen molar-refractivity contribution in [1.29, 1.82) is 0 Å². The van der Waals surface area contributed by atoms with E-state index in [4.69, 9.17) is 21.1 Å². The van der Waals surface area contributed by atoms with E-state index in [0.717, 1.165) is 16.5 Å². The maximum absolute atomic E-state index is 12.7. The number of halogens is 1. The molecule has 4 rings (SSSR count). The summed E-state index contributed by atoms with van der Waals surface area (Å²) in [5, 5.41) is 4.52. The second kappa shape index (κ2) is 10.1. The van der Waals surface area contributed by atoms with Crippen molar-refractivity contribution in [3.05, 3.63) is 58.9 Å². The van der Waals surface area contributed by atoms with Gasteiger partial charge in [-0.3, -0.25) is 0 Å². The quantitative estimate of drug-likeness (QED) is 0.579. The van der Waals surface area contributed by atoms with Gasteiger partial charge in [0.1, 0.15) is 17.3 Å². The highest BCUT2D eigenvalue weighted by molar-refractivity contribution is 7.09. The number of amides is 2. The number of nitrogens with zero attached hydrogens (tertiary/aromatic N) is 4. The van der Waals surface area contributed by atoms with Crippen molar-refractivity contribution in [2.24, 2.45) is 0 Å². The largest absolute Gasteiger partial charge is 0.497 e. The standard InChI is InChI=1S/C22H24ClN5O3S/c1-30-18-12-17(13-19(14-18)31-2)24-21(29)27-7-9-28(10-8-27)22-25-20(26-32-22)11-15-3-5-16(23)6-4-15/h3-6,12-14H,7-11H2,1-2H3,(H,24,29). The first-order valence-corrected chi connectivity index (χ1v) is 11.3. The molecule has 0 atom stereocenters. The Morgan fingerprint density at radius 2 is 1.72 bits per heavy atom. The Morgan fingerprint density at radius 3 is 2.34 bits per heavy atom. The number of hydrogen-bond donors (Lipinski definition) is 1. The Hall–Kier alpha value is -3.04. The summed E-state index contributed by atoms with van der Waals surface area (Å²) in [7, 11) is 3.15. The fourth-order valence-electron chi connectivity index (χ4n) is 3.41. The van der Waals surface area contributed by atoms with E-state index in [1.165, 1.54) is 11.5 Å². The second-order valence-electron chi connectivity index (χ2n) is 7.30. The average molecular weight is 474 g/mol. The molecule has 2 amide bonds. The maximum Gasteiger partial charge on any atom is 0.321 e. The van der Waals surface area contributed by atoms with Crippen LogP contribution in [0.25, 0.3) is 0 Å². The van der Waals surface area contributed by atoms with Gasteiger partial charge in [0.2, 0.25) is 5.13 Å². The van der Waals surface area contributed by atoms with E-state index in [9.17, 15) is 4.79 Å². The number of aromatic nitrogens is 2. The number of piperazine rings is 1. The van der Waals surface area contributed by atoms with Crippen LogP contribution in [0.4, 0.5) is 15.6 Å². The summed E-state index contributed by atoms with van der Waals surface area (Å²) in [6, 6.07) is 12.8. The first-order valence-electron chi connectivity index (χ1n) is 10.1. The highest BCUT2D eigenvalue weighted by Gasteiger charge is 2.23. The molecule has 1 saturated heterocycles. The zero-order valence-electron chi connectivity index (χ0n) is 17.9. The molecule has 0 unspecified atom stereocenters. The zero-order valence-corrected chi connectivity index (χ0v) is 19.4. The molecule has 3 aromatic rings. The van der Waals surface area contributed by atoms with Crippen LogP contribution in [0.2, 0.25) is 5.02 Å². The van der Waals surface area contributed by atoms with Gasteiger partial charge in [-0.15, -0.1) is 0 Å². The van der Waals surface area contributed by atoms with Gasteiger partial charge in [-0.2, -0.15) is 4.37 Å². The van der Waals surface area contributed by atoms with Gasteiger partial charge in [0.05, 0.1) is 14.2 Å². The molecule has 2 heterocycles. The normalized spacial score (nSPS) is 13.7. The molecule has 1 aliphatic rings. The molecule has 0 bridgehead atoms. The fraction of sp³-hybridized carbons (Fsp3) is 0.318. The monoisotopic (exact) mass is 473 g/mol. The molecule has 10 heteroatoms. The zero-order chi connectivity index (χ0) is 22.5. The van der Waals surface area contributed by atoms with Crippen LogP contribution in [0, 0.1) is 0 Å². The van der Waals surface area contributed by atoms with E-state index in [1.807, 2.05) is 24.3 Å². The number of nitrogens with one attached hydrogen (secondary N) is 1.